The molecule has 0 saturated heterocycles. The van der Waals surface area contributed by atoms with E-state index >= 15 is 0 Å². The largest absolute Gasteiger partial charge is 0.481 e. The molecule has 0 aromatic heterocycles. The van der Waals surface area contributed by atoms with Gasteiger partial charge in [0.05, 0.1) is 6.42 Å². The predicted octanol–water partition coefficient (Wildman–Crippen LogP) is 0.431. The van der Waals surface area contributed by atoms with E-state index in [-0.39, 0.29) is 0 Å². The molecule has 2 N–H and O–H groups in total. The molecule has 0 saturated carbocycles. The van der Waals surface area contributed by atoms with Crippen LogP contribution in [0, 0.1) is 6.92 Å². The van der Waals surface area contributed by atoms with Crippen LogP contribution in [-0.4, -0.2) is 41.4 Å². The van der Waals surface area contributed by atoms with Gasteiger partial charge in [-0.05, 0) is 13.3 Å². The van der Waals surface area contributed by atoms with Crippen molar-refractivity contribution in [3.05, 3.63) is 19.1 Å². The van der Waals surface area contributed by atoms with Gasteiger partial charge < -0.3 is 9.84 Å². The number of aliphatic carboxylic acids is 1. The lowest BCUT2D eigenvalue weighted by molar-refractivity contribution is -0.142. The molecule has 0 spiro atoms. The summed E-state index contributed by atoms with van der Waals surface area (Å²) in [6.07, 6.45) is 1.07. The van der Waals surface area contributed by atoms with Gasteiger partial charge in [0.15, 0.2) is 0 Å². The van der Waals surface area contributed by atoms with Crippen molar-refractivity contribution in [1.82, 2.24) is 0 Å². The van der Waals surface area contributed by atoms with E-state index in [0.29, 0.717) is 0 Å². The summed E-state index contributed by atoms with van der Waals surface area (Å²) in [5.41, 5.74) is 0. The quantitative estimate of drug-likeness (QED) is 0.394. The maximum Gasteiger partial charge on any atom is 0.330 e. The van der Waals surface area contributed by atoms with Gasteiger partial charge in [-0.1, -0.05) is 13.0 Å². The summed E-state index contributed by atoms with van der Waals surface area (Å²) in [6, 6.07) is 0. The van der Waals surface area contributed by atoms with Gasteiger partial charge in [-0.15, -0.1) is 0 Å². The molecule has 0 heterocycles. The Morgan fingerprint density at radius 1 is 1.44 bits per heavy atom. The molecule has 0 aromatic rings. The molecule has 8 heteroatoms. The van der Waals surface area contributed by atoms with Gasteiger partial charge in [0.25, 0.3) is 10.1 Å². The van der Waals surface area contributed by atoms with Gasteiger partial charge in [0, 0.05) is 6.08 Å². The number of carboxylic acid groups (broad SMARTS) is 1. The summed E-state index contributed by atoms with van der Waals surface area (Å²) in [5.74, 6) is -2.28. The van der Waals surface area contributed by atoms with Crippen molar-refractivity contribution < 1.29 is 32.4 Å². The first-order chi connectivity index (χ1) is 8.18. The molecule has 1 atom stereocenters. The van der Waals surface area contributed by atoms with Gasteiger partial charge in [-0.25, -0.2) is 4.79 Å². The summed E-state index contributed by atoms with van der Waals surface area (Å²) < 4.78 is 34.0. The first-order valence-corrected chi connectivity index (χ1v) is 6.40. The van der Waals surface area contributed by atoms with E-state index in [0.717, 1.165) is 6.08 Å². The van der Waals surface area contributed by atoms with Gasteiger partial charge in [0.1, 0.15) is 11.4 Å². The van der Waals surface area contributed by atoms with Crippen molar-refractivity contribution >= 4 is 22.1 Å². The van der Waals surface area contributed by atoms with Crippen LogP contribution in [0.2, 0.25) is 0 Å². The molecule has 0 aromatic carbocycles. The third-order valence-corrected chi connectivity index (χ3v) is 3.82. The van der Waals surface area contributed by atoms with E-state index in [9.17, 15) is 18.0 Å². The van der Waals surface area contributed by atoms with Gasteiger partial charge in [0.2, 0.25) is 0 Å². The molecule has 0 bridgehead atoms. The minimum atomic E-state index is -4.73. The van der Waals surface area contributed by atoms with Crippen molar-refractivity contribution in [3.63, 3.8) is 0 Å². The lowest BCUT2D eigenvalue weighted by atomic mass is 10.0. The molecule has 7 nitrogen and oxygen atoms in total. The fraction of sp³-hybridized carbons (Fsp3) is 0.500. The number of esters is 1. The van der Waals surface area contributed by atoms with Crippen LogP contribution in [0.25, 0.3) is 0 Å². The van der Waals surface area contributed by atoms with Crippen molar-refractivity contribution in [2.75, 3.05) is 6.61 Å². The lowest BCUT2D eigenvalue weighted by Crippen LogP contribution is -2.45. The molecule has 18 heavy (non-hydrogen) atoms. The van der Waals surface area contributed by atoms with Crippen molar-refractivity contribution in [2.24, 2.45) is 0 Å². The van der Waals surface area contributed by atoms with Crippen LogP contribution in [0.1, 0.15) is 19.8 Å². The molecule has 0 aliphatic heterocycles. The average molecular weight is 279 g/mol. The second-order valence-electron chi connectivity index (χ2n) is 3.59. The van der Waals surface area contributed by atoms with Crippen LogP contribution in [-0.2, 0) is 24.4 Å². The Kier molecular flexibility index (Phi) is 5.99. The molecule has 0 amide bonds. The van der Waals surface area contributed by atoms with Crippen molar-refractivity contribution in [3.8, 4) is 0 Å². The fourth-order valence-electron chi connectivity index (χ4n) is 1.17. The SMILES string of the molecule is [CH2]CC(COC(=O)C=CC)(CC(=O)O)S(=O)(=O)O. The third kappa shape index (κ3) is 4.46. The molecule has 0 aliphatic rings. The Hall–Kier alpha value is -1.41. The fourth-order valence-corrected chi connectivity index (χ4v) is 1.94. The third-order valence-electron chi connectivity index (χ3n) is 2.26. The number of allylic oxidation sites excluding steroid dienone is 1. The summed E-state index contributed by atoms with van der Waals surface area (Å²) in [4.78, 5) is 21.7. The predicted molar refractivity (Wildman–Crippen MR) is 62.3 cm³/mol. The highest BCUT2D eigenvalue weighted by molar-refractivity contribution is 7.87. The molecular formula is C10H15O7S. The number of hydrogen-bond donors (Lipinski definition) is 2. The zero-order valence-corrected chi connectivity index (χ0v) is 10.6. The Morgan fingerprint density at radius 3 is 2.33 bits per heavy atom. The van der Waals surface area contributed by atoms with Crippen molar-refractivity contribution in [2.45, 2.75) is 24.5 Å². The number of ether oxygens (including phenoxy) is 1. The topological polar surface area (TPSA) is 118 Å². The monoisotopic (exact) mass is 279 g/mol. The zero-order valence-electron chi connectivity index (χ0n) is 9.83. The summed E-state index contributed by atoms with van der Waals surface area (Å²) in [5, 5.41) is 8.65. The highest BCUT2D eigenvalue weighted by Crippen LogP contribution is 2.26. The number of hydrogen-bond acceptors (Lipinski definition) is 5. The maximum atomic E-state index is 11.2. The molecule has 0 rings (SSSR count). The van der Waals surface area contributed by atoms with Crippen LogP contribution < -0.4 is 0 Å². The number of carbonyl (C=O) groups is 2. The first kappa shape index (κ1) is 16.6. The van der Waals surface area contributed by atoms with E-state index in [1.807, 2.05) is 0 Å². The van der Waals surface area contributed by atoms with Crippen LogP contribution >= 0.6 is 0 Å². The summed E-state index contributed by atoms with van der Waals surface area (Å²) in [7, 11) is -4.73. The Bertz CT molecular complexity index is 437. The average Bonchev–Trinajstić information content (AvgIpc) is 2.22. The highest BCUT2D eigenvalue weighted by Gasteiger charge is 2.45. The maximum absolute atomic E-state index is 11.2. The van der Waals surface area contributed by atoms with E-state index in [1.165, 1.54) is 6.08 Å². The Labute approximate surface area is 105 Å². The van der Waals surface area contributed by atoms with Crippen LogP contribution in [0.3, 0.4) is 0 Å². The standard InChI is InChI=1S/C10H15O7S/c1-3-5-9(13)17-7-10(4-2,6-8(11)12)18(14,15)16/h3,5H,2,4,6-7H2,1H3,(H,11,12)(H,14,15,16). The summed E-state index contributed by atoms with van der Waals surface area (Å²) in [6.45, 7) is 4.07. The molecule has 1 radical (unpaired) electrons. The minimum Gasteiger partial charge on any atom is -0.481 e. The first-order valence-electron chi connectivity index (χ1n) is 4.96. The van der Waals surface area contributed by atoms with E-state index < -0.39 is 46.3 Å². The smallest absolute Gasteiger partial charge is 0.330 e. The molecular weight excluding hydrogens is 264 g/mol. The van der Waals surface area contributed by atoms with E-state index in [4.69, 9.17) is 9.66 Å². The zero-order chi connectivity index (χ0) is 14.4. The lowest BCUT2D eigenvalue weighted by Gasteiger charge is -2.26. The summed E-state index contributed by atoms with van der Waals surface area (Å²) >= 11 is 0. The van der Waals surface area contributed by atoms with Gasteiger partial charge >= 0.3 is 11.9 Å². The van der Waals surface area contributed by atoms with Gasteiger partial charge in [-0.2, -0.15) is 8.42 Å². The molecule has 103 valence electrons. The highest BCUT2D eigenvalue weighted by atomic mass is 32.2. The second-order valence-corrected chi connectivity index (χ2v) is 5.40. The van der Waals surface area contributed by atoms with E-state index in [1.54, 1.807) is 6.92 Å². The van der Waals surface area contributed by atoms with Crippen LogP contribution in [0.5, 0.6) is 0 Å². The Morgan fingerprint density at radius 2 is 2.00 bits per heavy atom. The minimum absolute atomic E-state index is 0.443. The normalized spacial score (nSPS) is 15.3. The Balaban J connectivity index is 5.10. The van der Waals surface area contributed by atoms with Crippen LogP contribution in [0.4, 0.5) is 0 Å². The second kappa shape index (κ2) is 6.50. The van der Waals surface area contributed by atoms with Crippen molar-refractivity contribution in [1.29, 1.82) is 0 Å². The van der Waals surface area contributed by atoms with E-state index in [2.05, 4.69) is 11.7 Å². The molecule has 1 unspecified atom stereocenters. The number of carboxylic acids is 1. The molecule has 0 fully saturated rings. The van der Waals surface area contributed by atoms with Crippen LogP contribution in [0.15, 0.2) is 12.2 Å². The van der Waals surface area contributed by atoms with Gasteiger partial charge in [-0.3, -0.25) is 9.35 Å². The number of carbonyl (C=O) groups excluding carboxylic acids is 1. The molecule has 0 aliphatic carbocycles. The number of rotatable bonds is 7.